The number of anilines is 1. The number of ether oxygens (including phenoxy) is 1. The van der Waals surface area contributed by atoms with Gasteiger partial charge in [0.15, 0.2) is 0 Å². The van der Waals surface area contributed by atoms with Crippen LogP contribution in [0.4, 0.5) is 42.5 Å². The third kappa shape index (κ3) is 8.76. The van der Waals surface area contributed by atoms with E-state index in [2.05, 4.69) is 5.32 Å². The first-order chi connectivity index (χ1) is 18.4. The summed E-state index contributed by atoms with van der Waals surface area (Å²) in [6.07, 6.45) is -8.98. The number of alkyl halides is 6. The second kappa shape index (κ2) is 12.5. The molecule has 9 nitrogen and oxygen atoms in total. The lowest BCUT2D eigenvalue weighted by atomic mass is 10.1. The smallest absolute Gasteiger partial charge is 0.416 e. The van der Waals surface area contributed by atoms with Gasteiger partial charge in [-0.1, -0.05) is 17.7 Å². The van der Waals surface area contributed by atoms with Crippen LogP contribution in [0.1, 0.15) is 21.5 Å². The Morgan fingerprint density at radius 1 is 0.950 bits per heavy atom. The maximum atomic E-state index is 12.6. The fraction of sp³-hybridized carbons (Fsp3) is 0.167. The van der Waals surface area contributed by atoms with E-state index in [4.69, 9.17) is 21.4 Å². The molecule has 2 N–H and O–H groups in total. The van der Waals surface area contributed by atoms with Crippen molar-refractivity contribution >= 4 is 35.0 Å². The van der Waals surface area contributed by atoms with Gasteiger partial charge in [0.25, 0.3) is 5.69 Å². The molecule has 0 fully saturated rings. The van der Waals surface area contributed by atoms with Crippen molar-refractivity contribution < 1.29 is 50.7 Å². The number of amides is 2. The zero-order chi connectivity index (χ0) is 30.4. The molecule has 0 aliphatic carbocycles. The number of carboxylic acids is 1. The van der Waals surface area contributed by atoms with Gasteiger partial charge < -0.3 is 20.1 Å². The average molecular weight is 594 g/mol. The minimum absolute atomic E-state index is 0.119. The van der Waals surface area contributed by atoms with Crippen LogP contribution in [0.5, 0.6) is 11.5 Å². The van der Waals surface area contributed by atoms with Gasteiger partial charge in [-0.25, -0.2) is 9.59 Å². The maximum Gasteiger partial charge on any atom is 0.416 e. The summed E-state index contributed by atoms with van der Waals surface area (Å²) in [5, 5.41) is 21.7. The number of nitrogens with zero attached hydrogens (tertiary/aromatic N) is 2. The number of hydrogen-bond acceptors (Lipinski definition) is 5. The molecule has 3 aromatic rings. The maximum absolute atomic E-state index is 12.6. The highest BCUT2D eigenvalue weighted by atomic mass is 35.5. The largest absolute Gasteiger partial charge is 0.477 e. The van der Waals surface area contributed by atoms with E-state index in [-0.39, 0.29) is 22.2 Å². The van der Waals surface area contributed by atoms with Crippen molar-refractivity contribution in [2.75, 3.05) is 19.4 Å². The van der Waals surface area contributed by atoms with Crippen LogP contribution in [-0.4, -0.2) is 41.0 Å². The topological polar surface area (TPSA) is 122 Å². The van der Waals surface area contributed by atoms with Crippen molar-refractivity contribution in [3.8, 4) is 11.5 Å². The van der Waals surface area contributed by atoms with Gasteiger partial charge in [0.1, 0.15) is 17.1 Å². The van der Waals surface area contributed by atoms with Crippen molar-refractivity contribution in [2.24, 2.45) is 0 Å². The summed E-state index contributed by atoms with van der Waals surface area (Å²) in [5.41, 5.74) is -2.92. The molecular formula is C24H18ClF6N3O6. The first kappa shape index (κ1) is 31.7. The fourth-order valence-corrected chi connectivity index (χ4v) is 3.02. The zero-order valence-electron chi connectivity index (χ0n) is 20.3. The third-order valence-corrected chi connectivity index (χ3v) is 5.02. The van der Waals surface area contributed by atoms with Crippen molar-refractivity contribution in [3.63, 3.8) is 0 Å². The Kier molecular flexibility index (Phi) is 9.94. The number of nitro benzene ring substituents is 1. The Bertz CT molecular complexity index is 1410. The lowest BCUT2D eigenvalue weighted by molar-refractivity contribution is -0.385. The van der Waals surface area contributed by atoms with Gasteiger partial charge in [-0.15, -0.1) is 0 Å². The van der Waals surface area contributed by atoms with Crippen molar-refractivity contribution in [3.05, 3.63) is 92.5 Å². The van der Waals surface area contributed by atoms with E-state index in [9.17, 15) is 46.0 Å². The van der Waals surface area contributed by atoms with E-state index in [1.54, 1.807) is 0 Å². The minimum Gasteiger partial charge on any atom is -0.477 e. The number of rotatable bonds is 5. The molecule has 0 saturated heterocycles. The number of hydrogen-bond donors (Lipinski definition) is 2. The minimum atomic E-state index is -4.58. The Hall–Kier alpha value is -4.53. The number of carbonyl (C=O) groups excluding carboxylic acids is 1. The lowest BCUT2D eigenvalue weighted by Gasteiger charge is -2.13. The van der Waals surface area contributed by atoms with Crippen LogP contribution in [-0.2, 0) is 12.4 Å². The van der Waals surface area contributed by atoms with Crippen LogP contribution in [0.25, 0.3) is 0 Å². The van der Waals surface area contributed by atoms with Crippen LogP contribution < -0.4 is 10.1 Å². The van der Waals surface area contributed by atoms with Gasteiger partial charge in [-0.3, -0.25) is 10.1 Å². The standard InChI is InChI=1S/C14H7ClF3NO5.C10H11F3N2O/c15-10-5-7(14(16,17)18)1-4-12(10)24-8-2-3-11(19(22)23)9(6-8)13(20)21;1-15(2)9(16)14-8-5-3-4-7(6-8)10(11,12)13/h1-6H,(H,20,21);3-6H,1-2H3,(H,14,16). The predicted molar refractivity (Wildman–Crippen MR) is 131 cm³/mol. The Balaban J connectivity index is 0.000000305. The summed E-state index contributed by atoms with van der Waals surface area (Å²) in [7, 11) is 3.01. The first-order valence-electron chi connectivity index (χ1n) is 10.6. The quantitative estimate of drug-likeness (QED) is 0.179. The van der Waals surface area contributed by atoms with Crippen LogP contribution in [0.3, 0.4) is 0 Å². The number of carboxylic acid groups (broad SMARTS) is 1. The van der Waals surface area contributed by atoms with Crippen LogP contribution >= 0.6 is 11.6 Å². The number of halogens is 7. The summed E-state index contributed by atoms with van der Waals surface area (Å²) in [5.74, 6) is -1.83. The van der Waals surface area contributed by atoms with E-state index >= 15 is 0 Å². The highest BCUT2D eigenvalue weighted by Crippen LogP contribution is 2.37. The molecule has 0 radical (unpaired) electrons. The molecule has 0 atom stereocenters. The number of carbonyl (C=O) groups is 2. The van der Waals surface area contributed by atoms with Crippen molar-refractivity contribution in [1.82, 2.24) is 4.90 Å². The van der Waals surface area contributed by atoms with Crippen LogP contribution in [0.15, 0.2) is 60.7 Å². The Morgan fingerprint density at radius 2 is 1.55 bits per heavy atom. The summed E-state index contributed by atoms with van der Waals surface area (Å²) in [4.78, 5) is 33.4. The predicted octanol–water partition coefficient (Wildman–Crippen LogP) is 7.56. The normalized spacial score (nSPS) is 11.1. The molecule has 0 heterocycles. The molecule has 0 aliphatic rings. The summed E-state index contributed by atoms with van der Waals surface area (Å²) in [6.45, 7) is 0. The van der Waals surface area contributed by atoms with Gasteiger partial charge in [0, 0.05) is 31.9 Å². The summed E-state index contributed by atoms with van der Waals surface area (Å²) in [6, 6.07) is 9.28. The molecule has 2 amide bonds. The van der Waals surface area contributed by atoms with E-state index in [1.807, 2.05) is 0 Å². The number of urea groups is 1. The second-order valence-corrected chi connectivity index (χ2v) is 8.30. The third-order valence-electron chi connectivity index (χ3n) is 4.73. The molecule has 0 saturated carbocycles. The molecule has 0 spiro atoms. The van der Waals surface area contributed by atoms with E-state index < -0.39 is 51.7 Å². The average Bonchev–Trinajstić information content (AvgIpc) is 2.84. The summed E-state index contributed by atoms with van der Waals surface area (Å²) >= 11 is 5.72. The van der Waals surface area contributed by atoms with E-state index in [0.717, 1.165) is 42.5 Å². The molecule has 40 heavy (non-hydrogen) atoms. The highest BCUT2D eigenvalue weighted by Gasteiger charge is 2.31. The first-order valence-corrected chi connectivity index (χ1v) is 11.0. The molecule has 3 rings (SSSR count). The molecular weight excluding hydrogens is 576 g/mol. The molecule has 0 unspecified atom stereocenters. The Labute approximate surface area is 226 Å². The highest BCUT2D eigenvalue weighted by molar-refractivity contribution is 6.32. The van der Waals surface area contributed by atoms with Crippen LogP contribution in [0.2, 0.25) is 5.02 Å². The van der Waals surface area contributed by atoms with Gasteiger partial charge >= 0.3 is 24.4 Å². The molecule has 0 bridgehead atoms. The zero-order valence-corrected chi connectivity index (χ0v) is 21.1. The lowest BCUT2D eigenvalue weighted by Crippen LogP contribution is -2.27. The number of benzene rings is 3. The van der Waals surface area contributed by atoms with E-state index in [1.165, 1.54) is 31.1 Å². The van der Waals surface area contributed by atoms with Gasteiger partial charge in [0.05, 0.1) is 21.1 Å². The van der Waals surface area contributed by atoms with Gasteiger partial charge in [-0.2, -0.15) is 26.3 Å². The second-order valence-electron chi connectivity index (χ2n) is 7.89. The van der Waals surface area contributed by atoms with Gasteiger partial charge in [0.2, 0.25) is 0 Å². The Morgan fingerprint density at radius 3 is 2.05 bits per heavy atom. The molecule has 0 aromatic heterocycles. The SMILES string of the molecule is CN(C)C(=O)Nc1cccc(C(F)(F)F)c1.O=C(O)c1cc(Oc2ccc(C(F)(F)F)cc2Cl)ccc1[N+](=O)[O-]. The van der Waals surface area contributed by atoms with Crippen molar-refractivity contribution in [1.29, 1.82) is 0 Å². The molecule has 16 heteroatoms. The van der Waals surface area contributed by atoms with E-state index in [0.29, 0.717) is 6.07 Å². The number of nitro groups is 1. The van der Waals surface area contributed by atoms with Gasteiger partial charge in [-0.05, 0) is 42.5 Å². The van der Waals surface area contributed by atoms with Crippen LogP contribution in [0, 0.1) is 10.1 Å². The molecule has 214 valence electrons. The van der Waals surface area contributed by atoms with Crippen molar-refractivity contribution in [2.45, 2.75) is 12.4 Å². The summed E-state index contributed by atoms with van der Waals surface area (Å²) < 4.78 is 79.9. The number of nitrogens with one attached hydrogen (secondary N) is 1. The monoisotopic (exact) mass is 593 g/mol. The molecule has 3 aromatic carbocycles. The fourth-order valence-electron chi connectivity index (χ4n) is 2.80. The molecule has 0 aliphatic heterocycles. The number of aromatic carboxylic acids is 1.